The van der Waals surface area contributed by atoms with Crippen molar-refractivity contribution in [3.8, 4) is 24.2 Å². The Balaban J connectivity index is 1.72. The van der Waals surface area contributed by atoms with Crippen LogP contribution in [-0.2, 0) is 6.54 Å². The largest absolute Gasteiger partial charge is 0.396 e. The molecule has 2 aromatic rings. The Morgan fingerprint density at radius 3 is 2.71 bits per heavy atom. The van der Waals surface area contributed by atoms with Gasteiger partial charge in [-0.25, -0.2) is 15.0 Å². The molecule has 0 bridgehead atoms. The van der Waals surface area contributed by atoms with Crippen molar-refractivity contribution in [2.75, 3.05) is 12.3 Å². The first-order chi connectivity index (χ1) is 11.7. The van der Waals surface area contributed by atoms with Crippen LogP contribution in [0, 0.1) is 36.0 Å². The maximum atomic E-state index is 9.18. The van der Waals surface area contributed by atoms with E-state index in [1.165, 1.54) is 0 Å². The van der Waals surface area contributed by atoms with E-state index in [9.17, 15) is 5.11 Å². The fraction of sp³-hybridized carbons (Fsp3) is 0.500. The van der Waals surface area contributed by atoms with Crippen LogP contribution in [-0.4, -0.2) is 31.2 Å². The van der Waals surface area contributed by atoms with Crippen molar-refractivity contribution in [3.63, 3.8) is 0 Å². The van der Waals surface area contributed by atoms with Gasteiger partial charge in [0.25, 0.3) is 0 Å². The molecule has 1 aliphatic rings. The number of hydrogen-bond acceptors (Lipinski definition) is 5. The summed E-state index contributed by atoms with van der Waals surface area (Å²) in [6.45, 7) is 0.685. The fourth-order valence-corrected chi connectivity index (χ4v) is 3.13. The minimum Gasteiger partial charge on any atom is -0.396 e. The second kappa shape index (κ2) is 7.33. The quantitative estimate of drug-likeness (QED) is 0.837. The van der Waals surface area contributed by atoms with Gasteiger partial charge >= 0.3 is 0 Å². The molecule has 3 N–H and O–H groups in total. The SMILES string of the molecule is C#CCn1cnc2c(N)nc(C#CCC3CCC(CO)CC3)nc21. The Labute approximate surface area is 141 Å². The van der Waals surface area contributed by atoms with Crippen LogP contribution in [0.15, 0.2) is 6.33 Å². The predicted octanol–water partition coefficient (Wildman–Crippen LogP) is 1.58. The zero-order valence-corrected chi connectivity index (χ0v) is 13.6. The highest BCUT2D eigenvalue weighted by Gasteiger charge is 2.19. The van der Waals surface area contributed by atoms with Gasteiger partial charge in [0.05, 0.1) is 12.9 Å². The summed E-state index contributed by atoms with van der Waals surface area (Å²) >= 11 is 0. The number of fused-ring (bicyclic) bond motifs is 1. The fourth-order valence-electron chi connectivity index (χ4n) is 3.13. The van der Waals surface area contributed by atoms with Crippen LogP contribution in [0.5, 0.6) is 0 Å². The number of aromatic nitrogens is 4. The molecule has 1 aliphatic carbocycles. The van der Waals surface area contributed by atoms with E-state index in [0.717, 1.165) is 32.1 Å². The van der Waals surface area contributed by atoms with Crippen molar-refractivity contribution in [1.82, 2.24) is 19.5 Å². The minimum absolute atomic E-state index is 0.302. The molecule has 0 spiro atoms. The highest BCUT2D eigenvalue weighted by atomic mass is 16.3. The van der Waals surface area contributed by atoms with Crippen molar-refractivity contribution in [3.05, 3.63) is 12.2 Å². The number of nitrogens with zero attached hydrogens (tertiary/aromatic N) is 4. The van der Waals surface area contributed by atoms with E-state index in [4.69, 9.17) is 12.2 Å². The predicted molar refractivity (Wildman–Crippen MR) is 92.6 cm³/mol. The highest BCUT2D eigenvalue weighted by molar-refractivity contribution is 5.81. The van der Waals surface area contributed by atoms with Gasteiger partial charge in [-0.3, -0.25) is 0 Å². The van der Waals surface area contributed by atoms with Crippen LogP contribution in [0.4, 0.5) is 5.82 Å². The van der Waals surface area contributed by atoms with E-state index in [0.29, 0.717) is 47.8 Å². The summed E-state index contributed by atoms with van der Waals surface area (Å²) in [6, 6.07) is 0. The van der Waals surface area contributed by atoms with Gasteiger partial charge in [0.1, 0.15) is 5.52 Å². The van der Waals surface area contributed by atoms with E-state index in [1.807, 2.05) is 0 Å². The number of terminal acetylenes is 1. The van der Waals surface area contributed by atoms with Crippen LogP contribution in [0.3, 0.4) is 0 Å². The van der Waals surface area contributed by atoms with Crippen molar-refractivity contribution >= 4 is 17.0 Å². The van der Waals surface area contributed by atoms with Crippen molar-refractivity contribution in [2.24, 2.45) is 11.8 Å². The Hall–Kier alpha value is -2.57. The van der Waals surface area contributed by atoms with Gasteiger partial charge in [0, 0.05) is 13.0 Å². The summed E-state index contributed by atoms with van der Waals surface area (Å²) in [5.74, 6) is 10.5. The minimum atomic E-state index is 0.302. The summed E-state index contributed by atoms with van der Waals surface area (Å²) in [6.07, 6.45) is 12.2. The first-order valence-electron chi connectivity index (χ1n) is 8.22. The number of aliphatic hydroxyl groups excluding tert-OH is 1. The normalized spacial score (nSPS) is 20.3. The highest BCUT2D eigenvalue weighted by Crippen LogP contribution is 2.30. The lowest BCUT2D eigenvalue weighted by molar-refractivity contribution is 0.168. The summed E-state index contributed by atoms with van der Waals surface area (Å²) in [7, 11) is 0. The molecule has 0 atom stereocenters. The molecular weight excluding hydrogens is 302 g/mol. The van der Waals surface area contributed by atoms with Crippen LogP contribution < -0.4 is 5.73 Å². The molecule has 1 fully saturated rings. The lowest BCUT2D eigenvalue weighted by atomic mass is 9.81. The monoisotopic (exact) mass is 323 g/mol. The van der Waals surface area contributed by atoms with Gasteiger partial charge in [-0.1, -0.05) is 11.8 Å². The summed E-state index contributed by atoms with van der Waals surface area (Å²) in [5.41, 5.74) is 7.11. The van der Waals surface area contributed by atoms with E-state index in [-0.39, 0.29) is 0 Å². The molecule has 2 heterocycles. The third-order valence-corrected chi connectivity index (χ3v) is 4.57. The van der Waals surface area contributed by atoms with Gasteiger partial charge in [-0.15, -0.1) is 6.42 Å². The van der Waals surface area contributed by atoms with Gasteiger partial charge < -0.3 is 15.4 Å². The summed E-state index contributed by atoms with van der Waals surface area (Å²) in [4.78, 5) is 12.8. The number of nitrogen functional groups attached to an aromatic ring is 1. The third kappa shape index (κ3) is 3.50. The molecule has 2 aromatic heterocycles. The lowest BCUT2D eigenvalue weighted by Gasteiger charge is -2.25. The number of hydrogen-bond donors (Lipinski definition) is 2. The topological polar surface area (TPSA) is 89.9 Å². The molecule has 0 aliphatic heterocycles. The molecule has 24 heavy (non-hydrogen) atoms. The smallest absolute Gasteiger partial charge is 0.208 e. The Bertz CT molecular complexity index is 816. The third-order valence-electron chi connectivity index (χ3n) is 4.57. The average Bonchev–Trinajstić information content (AvgIpc) is 2.99. The summed E-state index contributed by atoms with van der Waals surface area (Å²) in [5, 5.41) is 9.18. The van der Waals surface area contributed by atoms with E-state index in [2.05, 4.69) is 32.7 Å². The second-order valence-corrected chi connectivity index (χ2v) is 6.26. The van der Waals surface area contributed by atoms with Gasteiger partial charge in [-0.05, 0) is 43.4 Å². The van der Waals surface area contributed by atoms with E-state index >= 15 is 0 Å². The Kier molecular flexibility index (Phi) is 4.98. The maximum absolute atomic E-state index is 9.18. The first-order valence-corrected chi connectivity index (χ1v) is 8.22. The number of anilines is 1. The molecular formula is C18H21N5O. The zero-order valence-electron chi connectivity index (χ0n) is 13.6. The van der Waals surface area contributed by atoms with Crippen LogP contribution >= 0.6 is 0 Å². The van der Waals surface area contributed by atoms with E-state index in [1.54, 1.807) is 10.9 Å². The Morgan fingerprint density at radius 1 is 1.25 bits per heavy atom. The van der Waals surface area contributed by atoms with Gasteiger partial charge in [0.2, 0.25) is 5.82 Å². The number of aliphatic hydroxyl groups is 1. The van der Waals surface area contributed by atoms with Gasteiger partial charge in [-0.2, -0.15) is 0 Å². The van der Waals surface area contributed by atoms with Crippen molar-refractivity contribution in [2.45, 2.75) is 38.6 Å². The van der Waals surface area contributed by atoms with Crippen molar-refractivity contribution in [1.29, 1.82) is 0 Å². The molecule has 0 amide bonds. The molecule has 3 rings (SSSR count). The van der Waals surface area contributed by atoms with Gasteiger partial charge in [0.15, 0.2) is 11.5 Å². The van der Waals surface area contributed by atoms with E-state index < -0.39 is 0 Å². The summed E-state index contributed by atoms with van der Waals surface area (Å²) < 4.78 is 1.76. The molecule has 0 radical (unpaired) electrons. The number of imidazole rings is 1. The molecule has 1 saturated carbocycles. The lowest BCUT2D eigenvalue weighted by Crippen LogP contribution is -2.16. The molecule has 0 saturated heterocycles. The standard InChI is InChI=1S/C18H21N5O/c1-2-10-23-12-20-16-17(19)21-15(22-18(16)23)5-3-4-13-6-8-14(11-24)9-7-13/h1,12-14,24H,4,6-11H2,(H2,19,21,22). The molecule has 0 unspecified atom stereocenters. The van der Waals surface area contributed by atoms with Crippen LogP contribution in [0.25, 0.3) is 11.2 Å². The van der Waals surface area contributed by atoms with Crippen LogP contribution in [0.2, 0.25) is 0 Å². The maximum Gasteiger partial charge on any atom is 0.208 e. The molecule has 0 aromatic carbocycles. The molecule has 6 nitrogen and oxygen atoms in total. The zero-order chi connectivity index (χ0) is 16.9. The Morgan fingerprint density at radius 2 is 2.00 bits per heavy atom. The van der Waals surface area contributed by atoms with Crippen molar-refractivity contribution < 1.29 is 5.11 Å². The molecule has 6 heteroatoms. The first kappa shape index (κ1) is 16.3. The molecule has 124 valence electrons. The number of nitrogens with two attached hydrogens (primary N) is 1. The van der Waals surface area contributed by atoms with Crippen LogP contribution in [0.1, 0.15) is 37.9 Å². The average molecular weight is 323 g/mol. The second-order valence-electron chi connectivity index (χ2n) is 6.26. The number of rotatable bonds is 3.